The fourth-order valence-corrected chi connectivity index (χ4v) is 5.15. The van der Waals surface area contributed by atoms with Gasteiger partial charge in [0.05, 0.1) is 5.52 Å². The molecular formula is C24H24N4O3S2. The Labute approximate surface area is 199 Å². The predicted molar refractivity (Wildman–Crippen MR) is 134 cm³/mol. The number of rotatable bonds is 7. The number of aryl methyl sites for hydroxylation is 4. The zero-order valence-corrected chi connectivity index (χ0v) is 20.4. The van der Waals surface area contributed by atoms with Crippen molar-refractivity contribution in [2.45, 2.75) is 37.8 Å². The molecule has 0 saturated heterocycles. The van der Waals surface area contributed by atoms with E-state index in [0.717, 1.165) is 33.3 Å². The van der Waals surface area contributed by atoms with E-state index < -0.39 is 0 Å². The highest BCUT2D eigenvalue weighted by molar-refractivity contribution is 8.00. The second-order valence-electron chi connectivity index (χ2n) is 7.91. The van der Waals surface area contributed by atoms with Crippen LogP contribution in [0.4, 0.5) is 5.13 Å². The Morgan fingerprint density at radius 1 is 1.06 bits per heavy atom. The fourth-order valence-electron chi connectivity index (χ4n) is 3.48. The molecule has 0 atom stereocenters. The second-order valence-corrected chi connectivity index (χ2v) is 10.1. The number of nitrogens with one attached hydrogen (secondary N) is 2. The van der Waals surface area contributed by atoms with Crippen LogP contribution < -0.4 is 15.5 Å². The van der Waals surface area contributed by atoms with Crippen molar-refractivity contribution >= 4 is 45.0 Å². The van der Waals surface area contributed by atoms with Gasteiger partial charge in [0, 0.05) is 22.9 Å². The van der Waals surface area contributed by atoms with Crippen LogP contribution in [0.3, 0.4) is 0 Å². The highest BCUT2D eigenvalue weighted by Crippen LogP contribution is 2.28. The Kier molecular flexibility index (Phi) is 6.80. The third kappa shape index (κ3) is 5.61. The quantitative estimate of drug-likeness (QED) is 0.288. The maximum atomic E-state index is 12.6. The lowest BCUT2D eigenvalue weighted by molar-refractivity contribution is -0.118. The van der Waals surface area contributed by atoms with Crippen LogP contribution in [0.5, 0.6) is 5.75 Å². The lowest BCUT2D eigenvalue weighted by Crippen LogP contribution is -2.20. The van der Waals surface area contributed by atoms with Crippen molar-refractivity contribution in [2.75, 3.05) is 11.9 Å². The van der Waals surface area contributed by atoms with Crippen LogP contribution in [0.2, 0.25) is 0 Å². The lowest BCUT2D eigenvalue weighted by atomic mass is 10.1. The summed E-state index contributed by atoms with van der Waals surface area (Å²) in [5.74, 6) is 0.887. The number of amides is 1. The highest BCUT2D eigenvalue weighted by Gasteiger charge is 2.11. The molecule has 0 unspecified atom stereocenters. The molecule has 4 rings (SSSR count). The number of aromatic amines is 1. The summed E-state index contributed by atoms with van der Waals surface area (Å²) < 4.78 is 6.25. The molecule has 33 heavy (non-hydrogen) atoms. The number of carbonyl (C=O) groups is 1. The molecule has 0 aliphatic heterocycles. The second kappa shape index (κ2) is 9.76. The van der Waals surface area contributed by atoms with Gasteiger partial charge in [-0.1, -0.05) is 35.2 Å². The summed E-state index contributed by atoms with van der Waals surface area (Å²) in [7, 11) is 0. The summed E-state index contributed by atoms with van der Waals surface area (Å²) >= 11 is 2.73. The topological polar surface area (TPSA) is 97.0 Å². The minimum Gasteiger partial charge on any atom is -0.484 e. The van der Waals surface area contributed by atoms with Crippen molar-refractivity contribution in [1.82, 2.24) is 15.2 Å². The van der Waals surface area contributed by atoms with Crippen LogP contribution in [0.15, 0.2) is 45.5 Å². The lowest BCUT2D eigenvalue weighted by Gasteiger charge is -2.07. The van der Waals surface area contributed by atoms with Crippen molar-refractivity contribution in [3.63, 3.8) is 0 Å². The van der Waals surface area contributed by atoms with E-state index in [9.17, 15) is 9.59 Å². The Hall–Kier alpha value is -3.17. The van der Waals surface area contributed by atoms with Crippen molar-refractivity contribution in [3.05, 3.63) is 74.6 Å². The molecule has 7 nitrogen and oxygen atoms in total. The molecular weight excluding hydrogens is 456 g/mol. The number of fused-ring (bicyclic) bond motifs is 1. The molecule has 2 heterocycles. The van der Waals surface area contributed by atoms with Gasteiger partial charge in [0.2, 0.25) is 5.13 Å². The van der Waals surface area contributed by atoms with E-state index in [-0.39, 0.29) is 17.9 Å². The zero-order chi connectivity index (χ0) is 23.5. The molecule has 4 aromatic rings. The number of pyridine rings is 1. The summed E-state index contributed by atoms with van der Waals surface area (Å²) in [4.78, 5) is 28.1. The summed E-state index contributed by atoms with van der Waals surface area (Å²) in [6, 6.07) is 11.3. The van der Waals surface area contributed by atoms with Crippen molar-refractivity contribution < 1.29 is 9.53 Å². The average Bonchev–Trinajstić information content (AvgIpc) is 3.19. The van der Waals surface area contributed by atoms with E-state index in [4.69, 9.17) is 4.74 Å². The first-order valence-electron chi connectivity index (χ1n) is 10.4. The van der Waals surface area contributed by atoms with Crippen LogP contribution in [-0.2, 0) is 10.5 Å². The Morgan fingerprint density at radius 3 is 2.67 bits per heavy atom. The van der Waals surface area contributed by atoms with Gasteiger partial charge >= 0.3 is 0 Å². The van der Waals surface area contributed by atoms with E-state index in [2.05, 4.69) is 20.5 Å². The van der Waals surface area contributed by atoms with Gasteiger partial charge < -0.3 is 9.72 Å². The van der Waals surface area contributed by atoms with Crippen LogP contribution in [0, 0.1) is 27.7 Å². The number of hydrogen-bond acceptors (Lipinski definition) is 7. The third-order valence-electron chi connectivity index (χ3n) is 5.18. The van der Waals surface area contributed by atoms with Crippen molar-refractivity contribution in [3.8, 4) is 5.75 Å². The fraction of sp³-hybridized carbons (Fsp3) is 0.250. The number of carbonyl (C=O) groups excluding carboxylic acids is 1. The molecule has 0 aliphatic rings. The van der Waals surface area contributed by atoms with Gasteiger partial charge in [-0.2, -0.15) is 0 Å². The molecule has 0 radical (unpaired) electrons. The van der Waals surface area contributed by atoms with Crippen LogP contribution in [-0.4, -0.2) is 27.7 Å². The normalized spacial score (nSPS) is 11.0. The summed E-state index contributed by atoms with van der Waals surface area (Å²) in [5, 5.41) is 12.0. The van der Waals surface area contributed by atoms with Gasteiger partial charge in [-0.25, -0.2) is 0 Å². The number of H-pyrrole nitrogens is 1. The van der Waals surface area contributed by atoms with Gasteiger partial charge in [0.15, 0.2) is 16.4 Å². The first-order chi connectivity index (χ1) is 15.8. The van der Waals surface area contributed by atoms with Gasteiger partial charge in [-0.05, 0) is 68.1 Å². The van der Waals surface area contributed by atoms with Gasteiger partial charge in [0.1, 0.15) is 5.75 Å². The SMILES string of the molecule is Cc1cc(C)c2c(=O)cc(CSc3nnc(NC(=O)COc4ccc(C)c(C)c4)s3)[nH]c2c1. The summed E-state index contributed by atoms with van der Waals surface area (Å²) in [6.07, 6.45) is 0. The number of aromatic nitrogens is 3. The van der Waals surface area contributed by atoms with E-state index in [1.807, 2.05) is 58.0 Å². The molecule has 0 bridgehead atoms. The number of thioether (sulfide) groups is 1. The largest absolute Gasteiger partial charge is 0.484 e. The Balaban J connectivity index is 1.34. The average molecular weight is 481 g/mol. The van der Waals surface area contributed by atoms with E-state index in [0.29, 0.717) is 21.0 Å². The molecule has 2 aromatic heterocycles. The first kappa shape index (κ1) is 23.0. The number of anilines is 1. The molecule has 9 heteroatoms. The molecule has 0 aliphatic carbocycles. The van der Waals surface area contributed by atoms with Crippen molar-refractivity contribution in [2.24, 2.45) is 0 Å². The summed E-state index contributed by atoms with van der Waals surface area (Å²) in [5.41, 5.74) is 6.00. The Bertz CT molecular complexity index is 1390. The van der Waals surface area contributed by atoms with Crippen LogP contribution in [0.25, 0.3) is 10.9 Å². The Morgan fingerprint density at radius 2 is 1.88 bits per heavy atom. The maximum Gasteiger partial charge on any atom is 0.264 e. The van der Waals surface area contributed by atoms with Crippen molar-refractivity contribution in [1.29, 1.82) is 0 Å². The number of nitrogens with zero attached hydrogens (tertiary/aromatic N) is 2. The van der Waals surface area contributed by atoms with Gasteiger partial charge in [-0.3, -0.25) is 14.9 Å². The molecule has 170 valence electrons. The molecule has 0 spiro atoms. The number of hydrogen-bond donors (Lipinski definition) is 2. The molecule has 0 saturated carbocycles. The van der Waals surface area contributed by atoms with Crippen LogP contribution >= 0.6 is 23.1 Å². The minimum absolute atomic E-state index is 0.00540. The molecule has 0 fully saturated rings. The third-order valence-corrected chi connectivity index (χ3v) is 7.20. The summed E-state index contributed by atoms with van der Waals surface area (Å²) in [6.45, 7) is 7.87. The standard InChI is InChI=1S/C24H24N4O3S2/c1-13-7-16(4)22-19(8-13)25-17(10-20(22)29)12-32-24-28-27-23(33-24)26-21(30)11-31-18-6-5-14(2)15(3)9-18/h5-10H,11-12H2,1-4H3,(H,25,29)(H,26,27,30). The smallest absolute Gasteiger partial charge is 0.264 e. The highest BCUT2D eigenvalue weighted by atomic mass is 32.2. The van der Waals surface area contributed by atoms with Gasteiger partial charge in [-0.15, -0.1) is 10.2 Å². The number of benzene rings is 2. The first-order valence-corrected chi connectivity index (χ1v) is 12.2. The maximum absolute atomic E-state index is 12.6. The van der Waals surface area contributed by atoms with E-state index in [1.165, 1.54) is 28.7 Å². The van der Waals surface area contributed by atoms with E-state index >= 15 is 0 Å². The predicted octanol–water partition coefficient (Wildman–Crippen LogP) is 4.92. The van der Waals surface area contributed by atoms with E-state index in [1.54, 1.807) is 6.07 Å². The molecule has 2 aromatic carbocycles. The van der Waals surface area contributed by atoms with Gasteiger partial charge in [0.25, 0.3) is 5.91 Å². The number of ether oxygens (including phenoxy) is 1. The zero-order valence-electron chi connectivity index (χ0n) is 18.8. The molecule has 2 N–H and O–H groups in total. The molecule has 1 amide bonds. The van der Waals surface area contributed by atoms with Crippen LogP contribution in [0.1, 0.15) is 27.9 Å². The minimum atomic E-state index is -0.300. The monoisotopic (exact) mass is 480 g/mol.